The highest BCUT2D eigenvalue weighted by Crippen LogP contribution is 2.22. The van der Waals surface area contributed by atoms with Crippen molar-refractivity contribution in [3.63, 3.8) is 0 Å². The fourth-order valence-electron chi connectivity index (χ4n) is 2.64. The van der Waals surface area contributed by atoms with Crippen molar-refractivity contribution in [2.24, 2.45) is 5.92 Å². The van der Waals surface area contributed by atoms with E-state index in [4.69, 9.17) is 0 Å². The first-order chi connectivity index (χ1) is 11.1. The molecule has 0 saturated carbocycles. The summed E-state index contributed by atoms with van der Waals surface area (Å²) in [5.74, 6) is 1.43. The zero-order valence-electron chi connectivity index (χ0n) is 13.5. The summed E-state index contributed by atoms with van der Waals surface area (Å²) in [6.45, 7) is 5.90. The van der Waals surface area contributed by atoms with Gasteiger partial charge in [-0.15, -0.1) is 0 Å². The second-order valence-electron chi connectivity index (χ2n) is 6.08. The van der Waals surface area contributed by atoms with Crippen molar-refractivity contribution in [1.29, 1.82) is 0 Å². The van der Waals surface area contributed by atoms with Crippen LogP contribution in [-0.4, -0.2) is 38.7 Å². The smallest absolute Gasteiger partial charge is 0.252 e. The first-order valence-corrected chi connectivity index (χ1v) is 8.04. The number of nitrogens with one attached hydrogen (secondary N) is 2. The van der Waals surface area contributed by atoms with E-state index in [0.717, 1.165) is 31.6 Å². The van der Waals surface area contributed by atoms with Crippen LogP contribution >= 0.6 is 0 Å². The van der Waals surface area contributed by atoms with Gasteiger partial charge in [0, 0.05) is 24.4 Å². The van der Waals surface area contributed by atoms with Crippen molar-refractivity contribution in [3.8, 4) is 5.95 Å². The molecule has 7 heteroatoms. The summed E-state index contributed by atoms with van der Waals surface area (Å²) < 4.78 is 1.61. The predicted molar refractivity (Wildman–Crippen MR) is 87.5 cm³/mol. The van der Waals surface area contributed by atoms with E-state index < -0.39 is 0 Å². The van der Waals surface area contributed by atoms with E-state index in [9.17, 15) is 4.79 Å². The summed E-state index contributed by atoms with van der Waals surface area (Å²) in [6, 6.07) is 3.66. The van der Waals surface area contributed by atoms with Crippen molar-refractivity contribution in [2.45, 2.75) is 32.6 Å². The third-order valence-corrected chi connectivity index (χ3v) is 4.02. The summed E-state index contributed by atoms with van der Waals surface area (Å²) in [4.78, 5) is 21.0. The topological polar surface area (TPSA) is 84.7 Å². The lowest BCUT2D eigenvalue weighted by Gasteiger charge is -2.21. The number of hydrogen-bond acceptors (Lipinski definition) is 5. The fraction of sp³-hybridized carbons (Fsp3) is 0.500. The van der Waals surface area contributed by atoms with Gasteiger partial charge in [-0.1, -0.05) is 13.8 Å². The van der Waals surface area contributed by atoms with E-state index in [1.165, 1.54) is 0 Å². The summed E-state index contributed by atoms with van der Waals surface area (Å²) in [5.41, 5.74) is 0.901. The number of piperidine rings is 1. The molecule has 1 aliphatic rings. The SMILES string of the molecule is CC(C)c1cc(NC(=O)C2CCNCC2)n(-c2ncccn2)n1. The second kappa shape index (κ2) is 6.87. The Bertz CT molecular complexity index is 660. The van der Waals surface area contributed by atoms with Gasteiger partial charge in [0.05, 0.1) is 5.69 Å². The molecule has 1 saturated heterocycles. The Hall–Kier alpha value is -2.28. The van der Waals surface area contributed by atoms with Crippen LogP contribution in [0.5, 0.6) is 0 Å². The summed E-state index contributed by atoms with van der Waals surface area (Å²) in [7, 11) is 0. The van der Waals surface area contributed by atoms with Crippen LogP contribution < -0.4 is 10.6 Å². The normalized spacial score (nSPS) is 15.8. The quantitative estimate of drug-likeness (QED) is 0.897. The maximum Gasteiger partial charge on any atom is 0.252 e. The molecular formula is C16H22N6O. The maximum absolute atomic E-state index is 12.5. The van der Waals surface area contributed by atoms with Crippen LogP contribution in [0.3, 0.4) is 0 Å². The average molecular weight is 314 g/mol. The van der Waals surface area contributed by atoms with Crippen LogP contribution in [0.2, 0.25) is 0 Å². The van der Waals surface area contributed by atoms with Crippen molar-refractivity contribution < 1.29 is 4.79 Å². The van der Waals surface area contributed by atoms with Gasteiger partial charge >= 0.3 is 0 Å². The molecular weight excluding hydrogens is 292 g/mol. The molecule has 0 atom stereocenters. The van der Waals surface area contributed by atoms with Gasteiger partial charge < -0.3 is 10.6 Å². The molecule has 0 bridgehead atoms. The Kier molecular flexibility index (Phi) is 4.66. The maximum atomic E-state index is 12.5. The number of rotatable bonds is 4. The number of hydrogen-bond donors (Lipinski definition) is 2. The molecule has 0 aromatic carbocycles. The molecule has 7 nitrogen and oxygen atoms in total. The van der Waals surface area contributed by atoms with Gasteiger partial charge in [0.25, 0.3) is 5.95 Å². The van der Waals surface area contributed by atoms with Gasteiger partial charge in [0.1, 0.15) is 5.82 Å². The summed E-state index contributed by atoms with van der Waals surface area (Å²) in [6.07, 6.45) is 5.05. The lowest BCUT2D eigenvalue weighted by atomic mass is 9.97. The van der Waals surface area contributed by atoms with E-state index in [1.807, 2.05) is 6.07 Å². The van der Waals surface area contributed by atoms with Gasteiger partial charge in [-0.05, 0) is 37.9 Å². The highest BCUT2D eigenvalue weighted by Gasteiger charge is 2.23. The minimum Gasteiger partial charge on any atom is -0.317 e. The van der Waals surface area contributed by atoms with E-state index in [1.54, 1.807) is 23.1 Å². The van der Waals surface area contributed by atoms with Gasteiger partial charge in [-0.3, -0.25) is 4.79 Å². The van der Waals surface area contributed by atoms with Crippen LogP contribution in [0.15, 0.2) is 24.5 Å². The predicted octanol–water partition coefficient (Wildman–Crippen LogP) is 1.72. The van der Waals surface area contributed by atoms with E-state index in [2.05, 4.69) is 39.5 Å². The third-order valence-electron chi connectivity index (χ3n) is 4.02. The first kappa shape index (κ1) is 15.6. The summed E-state index contributed by atoms with van der Waals surface area (Å²) in [5, 5.41) is 10.8. The number of amides is 1. The Morgan fingerprint density at radius 3 is 2.65 bits per heavy atom. The van der Waals surface area contributed by atoms with Gasteiger partial charge in [-0.25, -0.2) is 9.97 Å². The Morgan fingerprint density at radius 2 is 2.00 bits per heavy atom. The minimum absolute atomic E-state index is 0.0405. The number of nitrogens with zero attached hydrogens (tertiary/aromatic N) is 4. The Labute approximate surface area is 135 Å². The number of carbonyl (C=O) groups is 1. The molecule has 0 unspecified atom stereocenters. The van der Waals surface area contributed by atoms with Gasteiger partial charge in [-0.2, -0.15) is 9.78 Å². The lowest BCUT2D eigenvalue weighted by Crippen LogP contribution is -2.35. The third kappa shape index (κ3) is 3.56. The van der Waals surface area contributed by atoms with Crippen molar-refractivity contribution in [2.75, 3.05) is 18.4 Å². The van der Waals surface area contributed by atoms with Gasteiger partial charge in [0.2, 0.25) is 5.91 Å². The highest BCUT2D eigenvalue weighted by atomic mass is 16.2. The number of anilines is 1. The second-order valence-corrected chi connectivity index (χ2v) is 6.08. The molecule has 3 heterocycles. The lowest BCUT2D eigenvalue weighted by molar-refractivity contribution is -0.120. The van der Waals surface area contributed by atoms with Crippen molar-refractivity contribution >= 4 is 11.7 Å². The van der Waals surface area contributed by atoms with Crippen LogP contribution in [0.1, 0.15) is 38.3 Å². The number of aromatic nitrogens is 4. The summed E-state index contributed by atoms with van der Waals surface area (Å²) >= 11 is 0. The molecule has 1 fully saturated rings. The van der Waals surface area contributed by atoms with Gasteiger partial charge in [0.15, 0.2) is 0 Å². The molecule has 0 radical (unpaired) electrons. The van der Waals surface area contributed by atoms with Crippen LogP contribution in [-0.2, 0) is 4.79 Å². The minimum atomic E-state index is 0.0405. The van der Waals surface area contributed by atoms with Crippen LogP contribution in [0.25, 0.3) is 5.95 Å². The molecule has 2 N–H and O–H groups in total. The molecule has 0 aliphatic carbocycles. The molecule has 2 aromatic heterocycles. The molecule has 0 spiro atoms. The molecule has 23 heavy (non-hydrogen) atoms. The molecule has 122 valence electrons. The van der Waals surface area contributed by atoms with E-state index in [-0.39, 0.29) is 17.7 Å². The van der Waals surface area contributed by atoms with Crippen molar-refractivity contribution in [1.82, 2.24) is 25.1 Å². The van der Waals surface area contributed by atoms with Crippen LogP contribution in [0, 0.1) is 5.92 Å². The van der Waals surface area contributed by atoms with Crippen molar-refractivity contribution in [3.05, 3.63) is 30.2 Å². The Morgan fingerprint density at radius 1 is 1.30 bits per heavy atom. The first-order valence-electron chi connectivity index (χ1n) is 8.04. The monoisotopic (exact) mass is 314 g/mol. The molecule has 1 aliphatic heterocycles. The van der Waals surface area contributed by atoms with E-state index in [0.29, 0.717) is 11.8 Å². The highest BCUT2D eigenvalue weighted by molar-refractivity contribution is 5.92. The number of carbonyl (C=O) groups excluding carboxylic acids is 1. The molecule has 3 rings (SSSR count). The van der Waals surface area contributed by atoms with Crippen LogP contribution in [0.4, 0.5) is 5.82 Å². The standard InChI is InChI=1S/C16H22N6O/c1-11(2)13-10-14(20-15(23)12-4-8-17-9-5-12)22(21-13)16-18-6-3-7-19-16/h3,6-7,10-12,17H,4-5,8-9H2,1-2H3,(H,20,23). The largest absolute Gasteiger partial charge is 0.317 e. The molecule has 2 aromatic rings. The zero-order chi connectivity index (χ0) is 16.2. The van der Waals surface area contributed by atoms with E-state index >= 15 is 0 Å². The fourth-order valence-corrected chi connectivity index (χ4v) is 2.64. The molecule has 1 amide bonds. The average Bonchev–Trinajstić information content (AvgIpc) is 3.00. The zero-order valence-corrected chi connectivity index (χ0v) is 13.5. The Balaban J connectivity index is 1.86.